The molecule has 0 spiro atoms. The fraction of sp³-hybridized carbons (Fsp3) is 0.278. The van der Waals surface area contributed by atoms with Gasteiger partial charge in [0.2, 0.25) is 5.91 Å². The van der Waals surface area contributed by atoms with Crippen molar-refractivity contribution >= 4 is 17.7 Å². The van der Waals surface area contributed by atoms with Crippen molar-refractivity contribution in [3.8, 4) is 0 Å². The molecule has 1 aromatic carbocycles. The molecule has 110 valence electrons. The Labute approximate surface area is 125 Å². The zero-order valence-corrected chi connectivity index (χ0v) is 12.6. The smallest absolute Gasteiger partial charge is 0.248 e. The number of nitrogens with one attached hydrogen (secondary N) is 1. The summed E-state index contributed by atoms with van der Waals surface area (Å²) in [5.41, 5.74) is 2.11. The summed E-state index contributed by atoms with van der Waals surface area (Å²) in [7, 11) is 0. The maximum absolute atomic E-state index is 11.8. The van der Waals surface area contributed by atoms with Gasteiger partial charge in [0, 0.05) is 11.8 Å². The molecule has 2 rings (SSSR count). The van der Waals surface area contributed by atoms with Crippen LogP contribution in [0.25, 0.3) is 6.08 Å². The Morgan fingerprint density at radius 3 is 2.57 bits per heavy atom. The Bertz CT molecular complexity index is 608. The second kappa shape index (κ2) is 7.48. The van der Waals surface area contributed by atoms with E-state index in [9.17, 15) is 4.79 Å². The Hall–Kier alpha value is -2.29. The van der Waals surface area contributed by atoms with Gasteiger partial charge in [0.15, 0.2) is 0 Å². The summed E-state index contributed by atoms with van der Waals surface area (Å²) in [6, 6.07) is 11.7. The standard InChI is InChI=1S/C18H21NO2/c1-3-4-5-15-7-9-16(10-8-15)19-18(20)13-12-17-11-6-14(2)21-17/h6-13H,3-5H2,1-2H3,(H,19,20)/b13-12+. The molecule has 0 saturated carbocycles. The maximum Gasteiger partial charge on any atom is 0.248 e. The third-order valence-corrected chi connectivity index (χ3v) is 3.20. The Balaban J connectivity index is 1.88. The highest BCUT2D eigenvalue weighted by Gasteiger charge is 2.00. The highest BCUT2D eigenvalue weighted by Crippen LogP contribution is 2.12. The van der Waals surface area contributed by atoms with E-state index in [1.807, 2.05) is 31.2 Å². The molecule has 0 radical (unpaired) electrons. The van der Waals surface area contributed by atoms with Crippen LogP contribution in [0.2, 0.25) is 0 Å². The Morgan fingerprint density at radius 1 is 1.19 bits per heavy atom. The molecule has 2 aromatic rings. The molecule has 21 heavy (non-hydrogen) atoms. The number of aryl methyl sites for hydroxylation is 2. The molecular weight excluding hydrogens is 262 g/mol. The van der Waals surface area contributed by atoms with E-state index in [2.05, 4.69) is 24.4 Å². The lowest BCUT2D eigenvalue weighted by molar-refractivity contribution is -0.111. The third kappa shape index (κ3) is 4.95. The van der Waals surface area contributed by atoms with E-state index in [0.29, 0.717) is 5.76 Å². The average Bonchev–Trinajstić information content (AvgIpc) is 2.90. The van der Waals surface area contributed by atoms with Gasteiger partial charge in [0.25, 0.3) is 0 Å². The number of unbranched alkanes of at least 4 members (excludes halogenated alkanes) is 1. The van der Waals surface area contributed by atoms with Crippen LogP contribution in [0.5, 0.6) is 0 Å². The van der Waals surface area contributed by atoms with E-state index in [4.69, 9.17) is 4.42 Å². The van der Waals surface area contributed by atoms with Gasteiger partial charge in [-0.1, -0.05) is 25.5 Å². The van der Waals surface area contributed by atoms with Crippen molar-refractivity contribution in [2.75, 3.05) is 5.32 Å². The molecule has 1 N–H and O–H groups in total. The minimum Gasteiger partial charge on any atom is -0.462 e. The number of benzene rings is 1. The van der Waals surface area contributed by atoms with Gasteiger partial charge in [0.1, 0.15) is 11.5 Å². The molecule has 0 fully saturated rings. The van der Waals surface area contributed by atoms with Gasteiger partial charge < -0.3 is 9.73 Å². The van der Waals surface area contributed by atoms with Crippen LogP contribution in [0, 0.1) is 6.92 Å². The van der Waals surface area contributed by atoms with Crippen LogP contribution < -0.4 is 5.32 Å². The second-order valence-corrected chi connectivity index (χ2v) is 5.07. The molecular formula is C18H21NO2. The zero-order valence-electron chi connectivity index (χ0n) is 12.6. The van der Waals surface area contributed by atoms with Crippen molar-refractivity contribution < 1.29 is 9.21 Å². The van der Waals surface area contributed by atoms with Gasteiger partial charge >= 0.3 is 0 Å². The molecule has 1 amide bonds. The summed E-state index contributed by atoms with van der Waals surface area (Å²) in [5, 5.41) is 2.83. The molecule has 0 atom stereocenters. The van der Waals surface area contributed by atoms with Crippen LogP contribution in [0.1, 0.15) is 36.8 Å². The predicted molar refractivity (Wildman–Crippen MR) is 86.2 cm³/mol. The number of hydrogen-bond acceptors (Lipinski definition) is 2. The summed E-state index contributed by atoms with van der Waals surface area (Å²) < 4.78 is 5.37. The van der Waals surface area contributed by atoms with E-state index in [0.717, 1.165) is 17.9 Å². The highest BCUT2D eigenvalue weighted by atomic mass is 16.3. The van der Waals surface area contributed by atoms with Gasteiger partial charge in [-0.15, -0.1) is 0 Å². The van der Waals surface area contributed by atoms with Gasteiger partial charge in [0.05, 0.1) is 0 Å². The molecule has 1 aromatic heterocycles. The largest absolute Gasteiger partial charge is 0.462 e. The molecule has 0 bridgehead atoms. The lowest BCUT2D eigenvalue weighted by atomic mass is 10.1. The molecule has 3 heteroatoms. The summed E-state index contributed by atoms with van der Waals surface area (Å²) in [4.78, 5) is 11.8. The maximum atomic E-state index is 11.8. The topological polar surface area (TPSA) is 42.2 Å². The van der Waals surface area contributed by atoms with Crippen molar-refractivity contribution in [2.45, 2.75) is 33.1 Å². The Morgan fingerprint density at radius 2 is 1.95 bits per heavy atom. The van der Waals surface area contributed by atoms with Crippen molar-refractivity contribution in [3.63, 3.8) is 0 Å². The first-order valence-electron chi connectivity index (χ1n) is 7.32. The first-order chi connectivity index (χ1) is 10.2. The van der Waals surface area contributed by atoms with Crippen molar-refractivity contribution in [2.24, 2.45) is 0 Å². The van der Waals surface area contributed by atoms with Crippen LogP contribution in [-0.4, -0.2) is 5.91 Å². The summed E-state index contributed by atoms with van der Waals surface area (Å²) in [6.45, 7) is 4.05. The first-order valence-corrected chi connectivity index (χ1v) is 7.32. The monoisotopic (exact) mass is 283 g/mol. The van der Waals surface area contributed by atoms with Gasteiger partial charge in [-0.05, 0) is 55.7 Å². The molecule has 0 unspecified atom stereocenters. The number of amides is 1. The SMILES string of the molecule is CCCCc1ccc(NC(=O)/C=C/c2ccc(C)o2)cc1. The summed E-state index contributed by atoms with van der Waals surface area (Å²) in [6.07, 6.45) is 6.61. The molecule has 3 nitrogen and oxygen atoms in total. The number of carbonyl (C=O) groups is 1. The number of anilines is 1. The normalized spacial score (nSPS) is 11.0. The number of hydrogen-bond donors (Lipinski definition) is 1. The fourth-order valence-corrected chi connectivity index (χ4v) is 2.02. The minimum atomic E-state index is -0.162. The lowest BCUT2D eigenvalue weighted by Crippen LogP contribution is -2.07. The first kappa shape index (κ1) is 15.1. The van der Waals surface area contributed by atoms with Crippen LogP contribution in [0.3, 0.4) is 0 Å². The van der Waals surface area contributed by atoms with Crippen LogP contribution in [0.4, 0.5) is 5.69 Å². The molecule has 1 heterocycles. The molecule has 0 saturated heterocycles. The molecule has 0 aliphatic heterocycles. The van der Waals surface area contributed by atoms with Gasteiger partial charge in [-0.25, -0.2) is 0 Å². The van der Waals surface area contributed by atoms with Crippen LogP contribution >= 0.6 is 0 Å². The highest BCUT2D eigenvalue weighted by molar-refractivity contribution is 6.01. The number of rotatable bonds is 6. The van der Waals surface area contributed by atoms with Gasteiger partial charge in [-0.3, -0.25) is 4.79 Å². The average molecular weight is 283 g/mol. The fourth-order valence-electron chi connectivity index (χ4n) is 2.02. The molecule has 0 aliphatic carbocycles. The van der Waals surface area contributed by atoms with E-state index in [1.165, 1.54) is 24.5 Å². The van der Waals surface area contributed by atoms with Crippen LogP contribution in [-0.2, 0) is 11.2 Å². The number of carbonyl (C=O) groups excluding carboxylic acids is 1. The van der Waals surface area contributed by atoms with Crippen molar-refractivity contribution in [1.82, 2.24) is 0 Å². The van der Waals surface area contributed by atoms with Crippen molar-refractivity contribution in [3.05, 3.63) is 59.6 Å². The number of furan rings is 1. The zero-order chi connectivity index (χ0) is 15.1. The van der Waals surface area contributed by atoms with Crippen LogP contribution in [0.15, 0.2) is 46.9 Å². The lowest BCUT2D eigenvalue weighted by Gasteiger charge is -2.04. The summed E-state index contributed by atoms with van der Waals surface area (Å²) in [5.74, 6) is 1.35. The summed E-state index contributed by atoms with van der Waals surface area (Å²) >= 11 is 0. The van der Waals surface area contributed by atoms with Gasteiger partial charge in [-0.2, -0.15) is 0 Å². The van der Waals surface area contributed by atoms with E-state index < -0.39 is 0 Å². The van der Waals surface area contributed by atoms with E-state index in [-0.39, 0.29) is 5.91 Å². The second-order valence-electron chi connectivity index (χ2n) is 5.07. The van der Waals surface area contributed by atoms with Crippen molar-refractivity contribution in [1.29, 1.82) is 0 Å². The molecule has 0 aliphatic rings. The quantitative estimate of drug-likeness (QED) is 0.788. The Kier molecular flexibility index (Phi) is 5.38. The minimum absolute atomic E-state index is 0.162. The van der Waals surface area contributed by atoms with E-state index >= 15 is 0 Å². The van der Waals surface area contributed by atoms with E-state index in [1.54, 1.807) is 6.08 Å². The predicted octanol–water partition coefficient (Wildman–Crippen LogP) is 4.58. The third-order valence-electron chi connectivity index (χ3n) is 3.20.